The van der Waals surface area contributed by atoms with E-state index in [1.165, 1.54) is 24.5 Å². The highest BCUT2D eigenvalue weighted by atomic mass is 19.1. The van der Waals surface area contributed by atoms with Crippen molar-refractivity contribution in [1.82, 2.24) is 10.5 Å². The number of benzene rings is 1. The molecule has 0 saturated carbocycles. The first-order valence-corrected chi connectivity index (χ1v) is 5.35. The standard InChI is InChI=1S/C12H12FN3O2/c13-11-2-1-8(12(14)17)5-9(11)6-15-7-10-3-4-18-16-10/h1-5,15H,6-7H2,(H2,14,17). The number of aromatic nitrogens is 1. The summed E-state index contributed by atoms with van der Waals surface area (Å²) in [5.41, 5.74) is 6.53. The van der Waals surface area contributed by atoms with E-state index in [0.717, 1.165) is 5.69 Å². The van der Waals surface area contributed by atoms with Crippen LogP contribution in [0.5, 0.6) is 0 Å². The van der Waals surface area contributed by atoms with Crippen molar-refractivity contribution in [2.24, 2.45) is 5.73 Å². The van der Waals surface area contributed by atoms with Crippen LogP contribution in [0.1, 0.15) is 21.6 Å². The summed E-state index contributed by atoms with van der Waals surface area (Å²) in [6.45, 7) is 0.733. The fourth-order valence-electron chi connectivity index (χ4n) is 1.52. The molecule has 1 aromatic heterocycles. The van der Waals surface area contributed by atoms with E-state index in [2.05, 4.69) is 15.0 Å². The quantitative estimate of drug-likeness (QED) is 0.834. The number of hydrogen-bond acceptors (Lipinski definition) is 4. The monoisotopic (exact) mass is 249 g/mol. The molecule has 0 atom stereocenters. The number of rotatable bonds is 5. The van der Waals surface area contributed by atoms with E-state index < -0.39 is 5.91 Å². The zero-order valence-corrected chi connectivity index (χ0v) is 9.52. The molecule has 2 aromatic rings. The predicted molar refractivity (Wildman–Crippen MR) is 62.0 cm³/mol. The molecule has 18 heavy (non-hydrogen) atoms. The molecule has 3 N–H and O–H groups in total. The molecule has 0 spiro atoms. The van der Waals surface area contributed by atoms with Gasteiger partial charge in [0.1, 0.15) is 12.1 Å². The van der Waals surface area contributed by atoms with Crippen LogP contribution in [0, 0.1) is 5.82 Å². The molecule has 94 valence electrons. The summed E-state index contributed by atoms with van der Waals surface area (Å²) < 4.78 is 18.1. The van der Waals surface area contributed by atoms with Crippen molar-refractivity contribution >= 4 is 5.91 Å². The Bertz CT molecular complexity index is 540. The summed E-state index contributed by atoms with van der Waals surface area (Å²) in [6.07, 6.45) is 1.46. The van der Waals surface area contributed by atoms with Gasteiger partial charge in [-0.05, 0) is 18.2 Å². The van der Waals surface area contributed by atoms with Crippen molar-refractivity contribution in [2.45, 2.75) is 13.1 Å². The van der Waals surface area contributed by atoms with Crippen molar-refractivity contribution in [3.8, 4) is 0 Å². The Hall–Kier alpha value is -2.21. The van der Waals surface area contributed by atoms with Gasteiger partial charge in [-0.2, -0.15) is 0 Å². The lowest BCUT2D eigenvalue weighted by molar-refractivity contribution is 0.1000. The van der Waals surface area contributed by atoms with Crippen LogP contribution in [0.4, 0.5) is 4.39 Å². The molecule has 0 unspecified atom stereocenters. The van der Waals surface area contributed by atoms with Crippen molar-refractivity contribution < 1.29 is 13.7 Å². The van der Waals surface area contributed by atoms with E-state index in [0.29, 0.717) is 12.1 Å². The predicted octanol–water partition coefficient (Wildman–Crippen LogP) is 1.20. The van der Waals surface area contributed by atoms with Crippen molar-refractivity contribution in [2.75, 3.05) is 0 Å². The first-order chi connectivity index (χ1) is 8.66. The number of carbonyl (C=O) groups is 1. The molecule has 0 aliphatic rings. The van der Waals surface area contributed by atoms with Crippen molar-refractivity contribution in [1.29, 1.82) is 0 Å². The number of hydrogen-bond donors (Lipinski definition) is 2. The zero-order chi connectivity index (χ0) is 13.0. The first kappa shape index (κ1) is 12.3. The largest absolute Gasteiger partial charge is 0.366 e. The minimum absolute atomic E-state index is 0.278. The third-order valence-corrected chi connectivity index (χ3v) is 2.44. The lowest BCUT2D eigenvalue weighted by Gasteiger charge is -2.06. The van der Waals surface area contributed by atoms with Crippen LogP contribution >= 0.6 is 0 Å². The lowest BCUT2D eigenvalue weighted by atomic mass is 10.1. The van der Waals surface area contributed by atoms with Crippen LogP contribution in [-0.2, 0) is 13.1 Å². The highest BCUT2D eigenvalue weighted by molar-refractivity contribution is 5.92. The molecule has 0 bridgehead atoms. The molecule has 0 aliphatic heterocycles. The Kier molecular flexibility index (Phi) is 3.69. The van der Waals surface area contributed by atoms with E-state index in [-0.39, 0.29) is 17.9 Å². The molecule has 1 amide bonds. The minimum atomic E-state index is -0.576. The molecule has 6 heteroatoms. The molecular formula is C12H12FN3O2. The van der Waals surface area contributed by atoms with E-state index >= 15 is 0 Å². The summed E-state index contributed by atoms with van der Waals surface area (Å²) in [6, 6.07) is 5.74. The third kappa shape index (κ3) is 2.92. The van der Waals surface area contributed by atoms with Gasteiger partial charge >= 0.3 is 0 Å². The Morgan fingerprint density at radius 3 is 2.89 bits per heavy atom. The fourth-order valence-corrected chi connectivity index (χ4v) is 1.52. The van der Waals surface area contributed by atoms with E-state index in [1.54, 1.807) is 6.07 Å². The molecule has 0 fully saturated rings. The first-order valence-electron chi connectivity index (χ1n) is 5.35. The molecule has 0 radical (unpaired) electrons. The summed E-state index contributed by atoms with van der Waals surface area (Å²) in [5.74, 6) is -0.958. The smallest absolute Gasteiger partial charge is 0.248 e. The molecule has 1 heterocycles. The molecule has 2 rings (SSSR count). The highest BCUT2D eigenvalue weighted by Crippen LogP contribution is 2.10. The van der Waals surface area contributed by atoms with Gasteiger partial charge in [0, 0.05) is 30.3 Å². The topological polar surface area (TPSA) is 81.2 Å². The molecule has 0 saturated heterocycles. The number of primary amides is 1. The van der Waals surface area contributed by atoms with Gasteiger partial charge in [0.05, 0.1) is 5.69 Å². The summed E-state index contributed by atoms with van der Waals surface area (Å²) in [5, 5.41) is 6.71. The number of nitrogens with one attached hydrogen (secondary N) is 1. The van der Waals surface area contributed by atoms with E-state index in [4.69, 9.17) is 5.73 Å². The van der Waals surface area contributed by atoms with Crippen LogP contribution in [0.3, 0.4) is 0 Å². The van der Waals surface area contributed by atoms with Gasteiger partial charge in [0.25, 0.3) is 0 Å². The highest BCUT2D eigenvalue weighted by Gasteiger charge is 2.07. The fraction of sp³-hybridized carbons (Fsp3) is 0.167. The van der Waals surface area contributed by atoms with Crippen LogP contribution in [0.25, 0.3) is 0 Å². The average molecular weight is 249 g/mol. The maximum Gasteiger partial charge on any atom is 0.248 e. The SMILES string of the molecule is NC(=O)c1ccc(F)c(CNCc2ccon2)c1. The number of nitrogens with zero attached hydrogens (tertiary/aromatic N) is 1. The number of nitrogens with two attached hydrogens (primary N) is 1. The van der Waals surface area contributed by atoms with Gasteiger partial charge in [0.15, 0.2) is 0 Å². The van der Waals surface area contributed by atoms with Crippen LogP contribution in [0.2, 0.25) is 0 Å². The maximum atomic E-state index is 13.5. The third-order valence-electron chi connectivity index (χ3n) is 2.44. The van der Waals surface area contributed by atoms with Gasteiger partial charge in [-0.15, -0.1) is 0 Å². The lowest BCUT2D eigenvalue weighted by Crippen LogP contribution is -2.16. The maximum absolute atomic E-state index is 13.5. The van der Waals surface area contributed by atoms with Gasteiger partial charge in [-0.25, -0.2) is 4.39 Å². The van der Waals surface area contributed by atoms with Gasteiger partial charge in [-0.1, -0.05) is 5.16 Å². The van der Waals surface area contributed by atoms with Gasteiger partial charge < -0.3 is 15.6 Å². The van der Waals surface area contributed by atoms with Crippen LogP contribution in [0.15, 0.2) is 35.1 Å². The molecule has 1 aromatic carbocycles. The normalized spacial score (nSPS) is 10.5. The van der Waals surface area contributed by atoms with E-state index in [9.17, 15) is 9.18 Å². The Labute approximate surface area is 103 Å². The van der Waals surface area contributed by atoms with Crippen molar-refractivity contribution in [3.05, 3.63) is 53.2 Å². The Morgan fingerprint density at radius 2 is 2.22 bits per heavy atom. The van der Waals surface area contributed by atoms with Crippen molar-refractivity contribution in [3.63, 3.8) is 0 Å². The zero-order valence-electron chi connectivity index (χ0n) is 9.52. The summed E-state index contributed by atoms with van der Waals surface area (Å²) >= 11 is 0. The summed E-state index contributed by atoms with van der Waals surface area (Å²) in [7, 11) is 0. The van der Waals surface area contributed by atoms with Crippen LogP contribution in [-0.4, -0.2) is 11.1 Å². The Morgan fingerprint density at radius 1 is 1.39 bits per heavy atom. The van der Waals surface area contributed by atoms with Gasteiger partial charge in [-0.3, -0.25) is 4.79 Å². The molecule has 5 nitrogen and oxygen atoms in total. The number of amides is 1. The van der Waals surface area contributed by atoms with E-state index in [1.807, 2.05) is 0 Å². The number of carbonyl (C=O) groups excluding carboxylic acids is 1. The Balaban J connectivity index is 2.00. The molecule has 0 aliphatic carbocycles. The summed E-state index contributed by atoms with van der Waals surface area (Å²) in [4.78, 5) is 11.0. The second-order valence-electron chi connectivity index (χ2n) is 3.76. The second kappa shape index (κ2) is 5.42. The average Bonchev–Trinajstić information content (AvgIpc) is 2.84. The minimum Gasteiger partial charge on any atom is -0.366 e. The van der Waals surface area contributed by atoms with Crippen LogP contribution < -0.4 is 11.1 Å². The second-order valence-corrected chi connectivity index (χ2v) is 3.76. The number of halogens is 1. The van der Waals surface area contributed by atoms with Gasteiger partial charge in [0.2, 0.25) is 5.91 Å². The molecular weight excluding hydrogens is 237 g/mol.